The molecule has 5 nitrogen and oxygen atoms in total. The number of para-hydroxylation sites is 1. The van der Waals surface area contributed by atoms with Crippen molar-refractivity contribution in [2.75, 3.05) is 26.7 Å². The van der Waals surface area contributed by atoms with Gasteiger partial charge in [0.15, 0.2) is 0 Å². The number of piperidine rings is 1. The molecule has 1 N–H and O–H groups in total. The van der Waals surface area contributed by atoms with Crippen LogP contribution in [-0.2, 0) is 9.59 Å². The minimum absolute atomic E-state index is 0.0201. The second-order valence-electron chi connectivity index (χ2n) is 5.97. The zero-order valence-corrected chi connectivity index (χ0v) is 14.5. The topological polar surface area (TPSA) is 58.6 Å². The molecule has 0 spiro atoms. The lowest BCUT2D eigenvalue weighted by molar-refractivity contribution is -0.132. The van der Waals surface area contributed by atoms with Gasteiger partial charge in [-0.05, 0) is 31.4 Å². The maximum absolute atomic E-state index is 12.3. The largest absolute Gasteiger partial charge is 0.496 e. The van der Waals surface area contributed by atoms with Crippen LogP contribution in [0.15, 0.2) is 30.3 Å². The number of nitrogens with zero attached hydrogens (tertiary/aromatic N) is 1. The van der Waals surface area contributed by atoms with Gasteiger partial charge in [-0.15, -0.1) is 0 Å². The smallest absolute Gasteiger partial charge is 0.246 e. The van der Waals surface area contributed by atoms with Gasteiger partial charge in [-0.25, -0.2) is 0 Å². The highest BCUT2D eigenvalue weighted by Crippen LogP contribution is 2.20. The summed E-state index contributed by atoms with van der Waals surface area (Å²) in [5.74, 6) is 0.869. The van der Waals surface area contributed by atoms with Crippen LogP contribution in [0.4, 0.5) is 0 Å². The van der Waals surface area contributed by atoms with Crippen LogP contribution < -0.4 is 10.1 Å². The van der Waals surface area contributed by atoms with E-state index in [2.05, 4.69) is 5.32 Å². The molecule has 0 radical (unpaired) electrons. The third-order valence-electron chi connectivity index (χ3n) is 4.27. The molecular formula is C19H26N2O3. The van der Waals surface area contributed by atoms with Crippen LogP contribution in [0.25, 0.3) is 6.08 Å². The normalized spacial score (nSPS) is 15.5. The Morgan fingerprint density at radius 2 is 2.00 bits per heavy atom. The summed E-state index contributed by atoms with van der Waals surface area (Å²) in [6, 6.07) is 7.58. The molecule has 0 aromatic heterocycles. The number of rotatable bonds is 6. The van der Waals surface area contributed by atoms with E-state index in [1.807, 2.05) is 31.2 Å². The molecule has 1 aromatic carbocycles. The Kier molecular flexibility index (Phi) is 6.85. The first-order valence-electron chi connectivity index (χ1n) is 8.53. The van der Waals surface area contributed by atoms with E-state index in [0.717, 1.165) is 37.1 Å². The maximum Gasteiger partial charge on any atom is 0.246 e. The summed E-state index contributed by atoms with van der Waals surface area (Å²) >= 11 is 0. The lowest BCUT2D eigenvalue weighted by atomic mass is 9.96. The van der Waals surface area contributed by atoms with E-state index in [1.54, 1.807) is 24.2 Å². The fourth-order valence-electron chi connectivity index (χ4n) is 2.83. The lowest BCUT2D eigenvalue weighted by Gasteiger charge is -2.30. The molecule has 1 heterocycles. The molecule has 1 aromatic rings. The molecule has 1 aliphatic rings. The number of ether oxygens (including phenoxy) is 1. The second kappa shape index (κ2) is 9.11. The Morgan fingerprint density at radius 3 is 2.67 bits per heavy atom. The van der Waals surface area contributed by atoms with Gasteiger partial charge >= 0.3 is 0 Å². The number of benzene rings is 1. The molecule has 0 atom stereocenters. The quantitative estimate of drug-likeness (QED) is 0.815. The fourth-order valence-corrected chi connectivity index (χ4v) is 2.83. The van der Waals surface area contributed by atoms with Crippen molar-refractivity contribution in [3.05, 3.63) is 35.9 Å². The van der Waals surface area contributed by atoms with Crippen molar-refractivity contribution in [2.24, 2.45) is 5.92 Å². The van der Waals surface area contributed by atoms with Crippen molar-refractivity contribution in [3.63, 3.8) is 0 Å². The zero-order valence-electron chi connectivity index (χ0n) is 14.5. The molecule has 0 bridgehead atoms. The monoisotopic (exact) mass is 330 g/mol. The number of methoxy groups -OCH3 is 1. The molecular weight excluding hydrogens is 304 g/mol. The highest BCUT2D eigenvalue weighted by atomic mass is 16.5. The number of carbonyl (C=O) groups is 2. The summed E-state index contributed by atoms with van der Waals surface area (Å²) in [4.78, 5) is 26.1. The molecule has 24 heavy (non-hydrogen) atoms. The molecule has 1 saturated heterocycles. The van der Waals surface area contributed by atoms with Crippen molar-refractivity contribution in [1.82, 2.24) is 10.2 Å². The molecule has 0 unspecified atom stereocenters. The fraction of sp³-hybridized carbons (Fsp3) is 0.474. The second-order valence-corrected chi connectivity index (χ2v) is 5.97. The molecule has 2 amide bonds. The first kappa shape index (κ1) is 18.0. The van der Waals surface area contributed by atoms with Crippen LogP contribution >= 0.6 is 0 Å². The third-order valence-corrected chi connectivity index (χ3v) is 4.27. The standard InChI is InChI=1S/C19H26N2O3/c1-3-12-20-19(23)16-10-13-21(14-11-16)18(22)9-8-15-6-4-5-7-17(15)24-2/h4-9,16H,3,10-14H2,1-2H3,(H,20,23)/b9-8+. The van der Waals surface area contributed by atoms with Crippen molar-refractivity contribution in [1.29, 1.82) is 0 Å². The van der Waals surface area contributed by atoms with Gasteiger partial charge in [0.05, 0.1) is 7.11 Å². The average molecular weight is 330 g/mol. The molecule has 1 aliphatic heterocycles. The van der Waals surface area contributed by atoms with E-state index in [4.69, 9.17) is 4.74 Å². The van der Waals surface area contributed by atoms with Crippen molar-refractivity contribution >= 4 is 17.9 Å². The average Bonchev–Trinajstić information content (AvgIpc) is 2.64. The Balaban J connectivity index is 1.86. The Hall–Kier alpha value is -2.30. The first-order chi connectivity index (χ1) is 11.7. The zero-order chi connectivity index (χ0) is 17.4. The summed E-state index contributed by atoms with van der Waals surface area (Å²) in [5, 5.41) is 2.94. The van der Waals surface area contributed by atoms with Crippen LogP contribution in [0.1, 0.15) is 31.7 Å². The van der Waals surface area contributed by atoms with Crippen LogP contribution in [0.5, 0.6) is 5.75 Å². The van der Waals surface area contributed by atoms with Crippen molar-refractivity contribution < 1.29 is 14.3 Å². The number of hydrogen-bond donors (Lipinski definition) is 1. The van der Waals surface area contributed by atoms with Gasteiger partial charge in [0.25, 0.3) is 0 Å². The molecule has 0 saturated carbocycles. The van der Waals surface area contributed by atoms with Crippen LogP contribution in [-0.4, -0.2) is 43.5 Å². The summed E-state index contributed by atoms with van der Waals surface area (Å²) in [7, 11) is 1.61. The molecule has 1 fully saturated rings. The Morgan fingerprint density at radius 1 is 1.29 bits per heavy atom. The van der Waals surface area contributed by atoms with E-state index >= 15 is 0 Å². The maximum atomic E-state index is 12.3. The summed E-state index contributed by atoms with van der Waals surface area (Å²) in [6.45, 7) is 4.01. The van der Waals surface area contributed by atoms with E-state index in [9.17, 15) is 9.59 Å². The Bertz CT molecular complexity index is 590. The number of likely N-dealkylation sites (tertiary alicyclic amines) is 1. The van der Waals surface area contributed by atoms with Crippen LogP contribution in [0, 0.1) is 5.92 Å². The molecule has 5 heteroatoms. The molecule has 2 rings (SSSR count). The third kappa shape index (κ3) is 4.85. The van der Waals surface area contributed by atoms with Gasteiger partial charge in [-0.1, -0.05) is 25.1 Å². The predicted octanol–water partition coefficient (Wildman–Crippen LogP) is 2.47. The number of hydrogen-bond acceptors (Lipinski definition) is 3. The van der Waals surface area contributed by atoms with Gasteiger partial charge in [-0.3, -0.25) is 9.59 Å². The van der Waals surface area contributed by atoms with Gasteiger partial charge in [-0.2, -0.15) is 0 Å². The van der Waals surface area contributed by atoms with Crippen molar-refractivity contribution in [3.8, 4) is 5.75 Å². The SMILES string of the molecule is CCCNC(=O)C1CCN(C(=O)/C=C/c2ccccc2OC)CC1. The minimum atomic E-state index is -0.0201. The summed E-state index contributed by atoms with van der Waals surface area (Å²) in [6.07, 6.45) is 5.75. The van der Waals surface area contributed by atoms with E-state index < -0.39 is 0 Å². The predicted molar refractivity (Wildman–Crippen MR) is 94.6 cm³/mol. The van der Waals surface area contributed by atoms with Crippen LogP contribution in [0.2, 0.25) is 0 Å². The summed E-state index contributed by atoms with van der Waals surface area (Å²) < 4.78 is 5.28. The highest BCUT2D eigenvalue weighted by Gasteiger charge is 2.26. The van der Waals surface area contributed by atoms with E-state index in [1.165, 1.54) is 0 Å². The summed E-state index contributed by atoms with van der Waals surface area (Å²) in [5.41, 5.74) is 0.877. The van der Waals surface area contributed by atoms with Gasteiger partial charge in [0, 0.05) is 37.2 Å². The molecule has 0 aliphatic carbocycles. The number of amides is 2. The first-order valence-corrected chi connectivity index (χ1v) is 8.53. The minimum Gasteiger partial charge on any atom is -0.496 e. The van der Waals surface area contributed by atoms with Crippen LogP contribution in [0.3, 0.4) is 0 Å². The van der Waals surface area contributed by atoms with E-state index in [0.29, 0.717) is 13.1 Å². The number of carbonyl (C=O) groups excluding carboxylic acids is 2. The molecule has 130 valence electrons. The highest BCUT2D eigenvalue weighted by molar-refractivity contribution is 5.92. The lowest BCUT2D eigenvalue weighted by Crippen LogP contribution is -2.42. The number of nitrogens with one attached hydrogen (secondary N) is 1. The van der Waals surface area contributed by atoms with E-state index in [-0.39, 0.29) is 17.7 Å². The van der Waals surface area contributed by atoms with Gasteiger partial charge in [0.1, 0.15) is 5.75 Å². The van der Waals surface area contributed by atoms with Gasteiger partial charge in [0.2, 0.25) is 11.8 Å². The van der Waals surface area contributed by atoms with Gasteiger partial charge < -0.3 is 15.0 Å². The van der Waals surface area contributed by atoms with Crippen molar-refractivity contribution in [2.45, 2.75) is 26.2 Å². The Labute approximate surface area is 143 Å².